The summed E-state index contributed by atoms with van der Waals surface area (Å²) in [5.74, 6) is -0.263. The van der Waals surface area contributed by atoms with Crippen LogP contribution in [0.25, 0.3) is 0 Å². The van der Waals surface area contributed by atoms with Crippen LogP contribution >= 0.6 is 0 Å². The summed E-state index contributed by atoms with van der Waals surface area (Å²) in [6.07, 6.45) is -3.58. The van der Waals surface area contributed by atoms with E-state index in [0.29, 0.717) is 12.1 Å². The van der Waals surface area contributed by atoms with Gasteiger partial charge in [-0.15, -0.1) is 13.2 Å². The highest BCUT2D eigenvalue weighted by Gasteiger charge is 2.30. The van der Waals surface area contributed by atoms with Crippen molar-refractivity contribution < 1.29 is 17.9 Å². The van der Waals surface area contributed by atoms with Crippen molar-refractivity contribution in [3.05, 3.63) is 24.3 Å². The van der Waals surface area contributed by atoms with Crippen LogP contribution in [0.3, 0.4) is 0 Å². The first-order valence-electron chi connectivity index (χ1n) is 5.44. The van der Waals surface area contributed by atoms with Gasteiger partial charge in [0.2, 0.25) is 0 Å². The van der Waals surface area contributed by atoms with Gasteiger partial charge in [0.25, 0.3) is 0 Å². The molecule has 0 aliphatic carbocycles. The van der Waals surface area contributed by atoms with Gasteiger partial charge in [-0.1, -0.05) is 6.92 Å². The van der Waals surface area contributed by atoms with Crippen molar-refractivity contribution in [1.82, 2.24) is 0 Å². The Hall–Kier alpha value is -1.90. The first-order valence-corrected chi connectivity index (χ1v) is 5.44. The van der Waals surface area contributed by atoms with Gasteiger partial charge < -0.3 is 10.1 Å². The van der Waals surface area contributed by atoms with E-state index in [-0.39, 0.29) is 11.8 Å². The van der Waals surface area contributed by atoms with E-state index in [2.05, 4.69) is 10.1 Å². The zero-order chi connectivity index (χ0) is 13.6. The molecule has 0 radical (unpaired) electrons. The van der Waals surface area contributed by atoms with Crippen molar-refractivity contribution in [2.24, 2.45) is 0 Å². The van der Waals surface area contributed by atoms with Crippen LogP contribution in [0, 0.1) is 11.3 Å². The fourth-order valence-corrected chi connectivity index (χ4v) is 1.40. The number of hydrogen-bond donors (Lipinski definition) is 1. The molecule has 3 nitrogen and oxygen atoms in total. The summed E-state index contributed by atoms with van der Waals surface area (Å²) in [6.45, 7) is 1.93. The zero-order valence-corrected chi connectivity index (χ0v) is 9.79. The second kappa shape index (κ2) is 6.15. The topological polar surface area (TPSA) is 45.0 Å². The van der Waals surface area contributed by atoms with E-state index >= 15 is 0 Å². The summed E-state index contributed by atoms with van der Waals surface area (Å²) in [6, 6.07) is 7.47. The molecule has 0 heterocycles. The van der Waals surface area contributed by atoms with Gasteiger partial charge in [-0.2, -0.15) is 5.26 Å². The van der Waals surface area contributed by atoms with Crippen LogP contribution in [-0.4, -0.2) is 12.4 Å². The van der Waals surface area contributed by atoms with Gasteiger partial charge in [0, 0.05) is 11.7 Å². The fourth-order valence-electron chi connectivity index (χ4n) is 1.40. The van der Waals surface area contributed by atoms with Gasteiger partial charge in [0.1, 0.15) is 5.75 Å². The van der Waals surface area contributed by atoms with Gasteiger partial charge in [-0.3, -0.25) is 0 Å². The van der Waals surface area contributed by atoms with Crippen molar-refractivity contribution in [3.63, 3.8) is 0 Å². The molecular formula is C12H13F3N2O. The number of ether oxygens (including phenoxy) is 1. The molecule has 1 unspecified atom stereocenters. The number of halogens is 3. The van der Waals surface area contributed by atoms with E-state index in [1.54, 1.807) is 0 Å². The molecule has 0 fully saturated rings. The number of alkyl halides is 3. The van der Waals surface area contributed by atoms with Gasteiger partial charge in [0.05, 0.1) is 12.5 Å². The third-order valence-corrected chi connectivity index (χ3v) is 2.29. The Kier molecular flexibility index (Phi) is 4.84. The molecule has 1 aromatic rings. The average Bonchev–Trinajstić information content (AvgIpc) is 2.29. The molecule has 1 aromatic carbocycles. The first kappa shape index (κ1) is 14.2. The van der Waals surface area contributed by atoms with Crippen LogP contribution in [0.2, 0.25) is 0 Å². The van der Waals surface area contributed by atoms with Gasteiger partial charge in [-0.25, -0.2) is 0 Å². The number of hydrogen-bond acceptors (Lipinski definition) is 3. The minimum Gasteiger partial charge on any atom is -0.406 e. The van der Waals surface area contributed by atoms with Crippen molar-refractivity contribution in [2.45, 2.75) is 32.2 Å². The Morgan fingerprint density at radius 3 is 2.39 bits per heavy atom. The maximum Gasteiger partial charge on any atom is 0.573 e. The lowest BCUT2D eigenvalue weighted by Gasteiger charge is -2.15. The Bertz CT molecular complexity index is 409. The van der Waals surface area contributed by atoms with E-state index in [0.717, 1.165) is 6.42 Å². The van der Waals surface area contributed by atoms with Gasteiger partial charge in [0.15, 0.2) is 0 Å². The third-order valence-electron chi connectivity index (χ3n) is 2.29. The van der Waals surface area contributed by atoms with Crippen LogP contribution in [0.15, 0.2) is 24.3 Å². The van der Waals surface area contributed by atoms with E-state index in [1.165, 1.54) is 24.3 Å². The standard InChI is InChI=1S/C12H13F3N2O/c1-2-9(7-8-16)17-10-3-5-11(6-4-10)18-12(13,14)15/h3-6,9,17H,2,7H2,1H3. The molecule has 0 aliphatic heterocycles. The van der Waals surface area contributed by atoms with Crippen LogP contribution < -0.4 is 10.1 Å². The fraction of sp³-hybridized carbons (Fsp3) is 0.417. The molecule has 0 saturated heterocycles. The average molecular weight is 258 g/mol. The highest BCUT2D eigenvalue weighted by atomic mass is 19.4. The Morgan fingerprint density at radius 2 is 1.94 bits per heavy atom. The minimum absolute atomic E-state index is 0.00983. The smallest absolute Gasteiger partial charge is 0.406 e. The summed E-state index contributed by atoms with van der Waals surface area (Å²) < 4.78 is 39.6. The van der Waals surface area contributed by atoms with Crippen LogP contribution in [0.5, 0.6) is 5.75 Å². The minimum atomic E-state index is -4.68. The van der Waals surface area contributed by atoms with E-state index in [9.17, 15) is 13.2 Å². The predicted octanol–water partition coefficient (Wildman–Crippen LogP) is 3.69. The lowest BCUT2D eigenvalue weighted by Crippen LogP contribution is -2.18. The molecule has 1 N–H and O–H groups in total. The zero-order valence-electron chi connectivity index (χ0n) is 9.79. The molecule has 1 rings (SSSR count). The van der Waals surface area contributed by atoms with E-state index < -0.39 is 6.36 Å². The predicted molar refractivity (Wildman–Crippen MR) is 61.1 cm³/mol. The molecule has 0 saturated carbocycles. The van der Waals surface area contributed by atoms with Crippen molar-refractivity contribution in [3.8, 4) is 11.8 Å². The Balaban J connectivity index is 2.63. The molecule has 0 aromatic heterocycles. The van der Waals surface area contributed by atoms with Gasteiger partial charge >= 0.3 is 6.36 Å². The molecule has 98 valence electrons. The number of anilines is 1. The summed E-state index contributed by atoms with van der Waals surface area (Å²) in [5, 5.41) is 11.6. The number of benzene rings is 1. The number of nitrogens with zero attached hydrogens (tertiary/aromatic N) is 1. The molecule has 6 heteroatoms. The largest absolute Gasteiger partial charge is 0.573 e. The SMILES string of the molecule is CCC(CC#N)Nc1ccc(OC(F)(F)F)cc1. The maximum atomic E-state index is 11.9. The lowest BCUT2D eigenvalue weighted by molar-refractivity contribution is -0.274. The molecule has 18 heavy (non-hydrogen) atoms. The lowest BCUT2D eigenvalue weighted by atomic mass is 10.1. The van der Waals surface area contributed by atoms with Crippen LogP contribution in [-0.2, 0) is 0 Å². The van der Waals surface area contributed by atoms with Gasteiger partial charge in [-0.05, 0) is 30.7 Å². The summed E-state index contributed by atoms with van der Waals surface area (Å²) in [7, 11) is 0. The molecule has 0 aliphatic rings. The van der Waals surface area contributed by atoms with Crippen molar-refractivity contribution in [2.75, 3.05) is 5.32 Å². The Morgan fingerprint density at radius 1 is 1.33 bits per heavy atom. The maximum absolute atomic E-state index is 11.9. The normalized spacial score (nSPS) is 12.6. The molecule has 1 atom stereocenters. The van der Waals surface area contributed by atoms with Crippen molar-refractivity contribution >= 4 is 5.69 Å². The molecule has 0 spiro atoms. The van der Waals surface area contributed by atoms with E-state index in [4.69, 9.17) is 5.26 Å². The molecular weight excluding hydrogens is 245 g/mol. The number of rotatable bonds is 5. The highest BCUT2D eigenvalue weighted by Crippen LogP contribution is 2.24. The number of nitrogens with one attached hydrogen (secondary N) is 1. The van der Waals surface area contributed by atoms with Crippen LogP contribution in [0.1, 0.15) is 19.8 Å². The van der Waals surface area contributed by atoms with E-state index in [1.807, 2.05) is 13.0 Å². The second-order valence-corrected chi connectivity index (χ2v) is 3.68. The third kappa shape index (κ3) is 4.95. The molecule has 0 amide bonds. The monoisotopic (exact) mass is 258 g/mol. The quantitative estimate of drug-likeness (QED) is 0.876. The summed E-state index contributed by atoms with van der Waals surface area (Å²) in [4.78, 5) is 0. The van der Waals surface area contributed by atoms with Crippen LogP contribution in [0.4, 0.5) is 18.9 Å². The first-order chi connectivity index (χ1) is 8.44. The summed E-state index contributed by atoms with van der Waals surface area (Å²) >= 11 is 0. The highest BCUT2D eigenvalue weighted by molar-refractivity contribution is 5.47. The Labute approximate surface area is 103 Å². The number of nitriles is 1. The summed E-state index contributed by atoms with van der Waals surface area (Å²) in [5.41, 5.74) is 0.659. The van der Waals surface area contributed by atoms with Crippen molar-refractivity contribution in [1.29, 1.82) is 5.26 Å². The molecule has 0 bridgehead atoms. The second-order valence-electron chi connectivity index (χ2n) is 3.68.